The Bertz CT molecular complexity index is 1250. The molecule has 0 fully saturated rings. The van der Waals surface area contributed by atoms with Gasteiger partial charge in [-0.2, -0.15) is 0 Å². The Morgan fingerprint density at radius 3 is 2.24 bits per heavy atom. The third-order valence-corrected chi connectivity index (χ3v) is 6.06. The Labute approximate surface area is 222 Å². The maximum absolute atomic E-state index is 14.1. The highest BCUT2D eigenvalue weighted by Crippen LogP contribution is 2.33. The summed E-state index contributed by atoms with van der Waals surface area (Å²) in [5.41, 5.74) is 1.37. The van der Waals surface area contributed by atoms with Crippen LogP contribution in [0, 0.1) is 0 Å². The molecule has 0 aromatic heterocycles. The van der Waals surface area contributed by atoms with E-state index in [4.69, 9.17) is 25.8 Å². The molecule has 3 aromatic rings. The molecule has 1 N–H and O–H groups in total. The van der Waals surface area contributed by atoms with Crippen LogP contribution >= 0.6 is 11.6 Å². The number of carbonyl (C=O) groups excluding carboxylic acids is 2. The summed E-state index contributed by atoms with van der Waals surface area (Å²) in [4.78, 5) is 29.4. The molecule has 1 aliphatic rings. The van der Waals surface area contributed by atoms with Gasteiger partial charge in [-0.05, 0) is 74.4 Å². The van der Waals surface area contributed by atoms with E-state index < -0.39 is 11.6 Å². The molecule has 0 aliphatic carbocycles. The van der Waals surface area contributed by atoms with Gasteiger partial charge < -0.3 is 24.4 Å². The zero-order chi connectivity index (χ0) is 26.6. The maximum Gasteiger partial charge on any atom is 0.255 e. The molecule has 7 nitrogen and oxygen atoms in total. The van der Waals surface area contributed by atoms with Gasteiger partial charge in [0.1, 0.15) is 25.0 Å². The lowest BCUT2D eigenvalue weighted by Crippen LogP contribution is -2.49. The first-order valence-corrected chi connectivity index (χ1v) is 12.4. The second-order valence-corrected chi connectivity index (χ2v) is 10.3. The Kier molecular flexibility index (Phi) is 7.93. The Morgan fingerprint density at radius 2 is 1.62 bits per heavy atom. The van der Waals surface area contributed by atoms with E-state index in [-0.39, 0.29) is 18.4 Å². The van der Waals surface area contributed by atoms with E-state index in [1.54, 1.807) is 54.5 Å². The first-order chi connectivity index (χ1) is 17.6. The highest BCUT2D eigenvalue weighted by molar-refractivity contribution is 6.30. The molecular formula is C29H31ClN2O5. The van der Waals surface area contributed by atoms with Crippen molar-refractivity contribution in [2.24, 2.45) is 0 Å². The Balaban J connectivity index is 1.79. The lowest BCUT2D eigenvalue weighted by molar-refractivity contribution is -0.127. The van der Waals surface area contributed by atoms with Crippen molar-refractivity contribution >= 4 is 23.4 Å². The van der Waals surface area contributed by atoms with E-state index in [2.05, 4.69) is 5.32 Å². The summed E-state index contributed by atoms with van der Waals surface area (Å²) in [6.45, 7) is 6.75. The van der Waals surface area contributed by atoms with E-state index in [0.29, 0.717) is 46.6 Å². The third-order valence-electron chi connectivity index (χ3n) is 5.81. The molecule has 1 heterocycles. The largest absolute Gasteiger partial charge is 0.497 e. The number of hydrogen-bond acceptors (Lipinski definition) is 5. The maximum atomic E-state index is 14.1. The fraction of sp³-hybridized carbons (Fsp3) is 0.310. The van der Waals surface area contributed by atoms with Crippen LogP contribution in [0.15, 0.2) is 66.7 Å². The number of methoxy groups -OCH3 is 1. The lowest BCUT2D eigenvalue weighted by Gasteiger charge is -2.34. The van der Waals surface area contributed by atoms with Crippen molar-refractivity contribution in [1.82, 2.24) is 10.2 Å². The van der Waals surface area contributed by atoms with Crippen molar-refractivity contribution in [2.75, 3.05) is 20.3 Å². The van der Waals surface area contributed by atoms with Gasteiger partial charge >= 0.3 is 0 Å². The molecule has 0 unspecified atom stereocenters. The van der Waals surface area contributed by atoms with Crippen LogP contribution < -0.4 is 19.5 Å². The minimum atomic E-state index is -0.917. The minimum absolute atomic E-state index is 0.183. The number of nitrogens with zero attached hydrogens (tertiary/aromatic N) is 1. The van der Waals surface area contributed by atoms with Gasteiger partial charge in [0.15, 0.2) is 11.5 Å². The quantitative estimate of drug-likeness (QED) is 0.448. The fourth-order valence-corrected chi connectivity index (χ4v) is 4.23. The normalized spacial score (nSPS) is 13.4. The highest BCUT2D eigenvalue weighted by Gasteiger charge is 2.34. The molecule has 0 spiro atoms. The molecule has 8 heteroatoms. The lowest BCUT2D eigenvalue weighted by atomic mass is 9.99. The zero-order valence-electron chi connectivity index (χ0n) is 21.4. The Morgan fingerprint density at radius 1 is 0.973 bits per heavy atom. The molecule has 194 valence electrons. The smallest absolute Gasteiger partial charge is 0.255 e. The van der Waals surface area contributed by atoms with Crippen LogP contribution in [0.5, 0.6) is 17.2 Å². The monoisotopic (exact) mass is 522 g/mol. The molecule has 0 bridgehead atoms. The van der Waals surface area contributed by atoms with Crippen molar-refractivity contribution < 1.29 is 23.8 Å². The topological polar surface area (TPSA) is 77.1 Å². The van der Waals surface area contributed by atoms with Crippen LogP contribution in [0.25, 0.3) is 0 Å². The highest BCUT2D eigenvalue weighted by atomic mass is 35.5. The predicted octanol–water partition coefficient (Wildman–Crippen LogP) is 5.42. The van der Waals surface area contributed by atoms with Crippen LogP contribution in [0.3, 0.4) is 0 Å². The van der Waals surface area contributed by atoms with Gasteiger partial charge in [0.05, 0.1) is 7.11 Å². The molecule has 37 heavy (non-hydrogen) atoms. The van der Waals surface area contributed by atoms with Gasteiger partial charge in [0.25, 0.3) is 5.91 Å². The molecule has 0 saturated heterocycles. The number of nitrogens with one attached hydrogen (secondary N) is 1. The van der Waals surface area contributed by atoms with Crippen molar-refractivity contribution in [3.05, 3.63) is 88.4 Å². The van der Waals surface area contributed by atoms with E-state index in [1.807, 2.05) is 45.0 Å². The van der Waals surface area contributed by atoms with Gasteiger partial charge in [-0.15, -0.1) is 0 Å². The molecule has 1 aliphatic heterocycles. The van der Waals surface area contributed by atoms with Gasteiger partial charge in [0.2, 0.25) is 5.91 Å². The minimum Gasteiger partial charge on any atom is -0.497 e. The molecule has 2 amide bonds. The van der Waals surface area contributed by atoms with Crippen molar-refractivity contribution in [3.8, 4) is 17.2 Å². The summed E-state index contributed by atoms with van der Waals surface area (Å²) in [5, 5.41) is 3.58. The number of rotatable bonds is 7. The summed E-state index contributed by atoms with van der Waals surface area (Å²) in [7, 11) is 1.60. The molecule has 0 saturated carbocycles. The predicted molar refractivity (Wildman–Crippen MR) is 142 cm³/mol. The van der Waals surface area contributed by atoms with Crippen molar-refractivity contribution in [2.45, 2.75) is 38.9 Å². The molecular weight excluding hydrogens is 492 g/mol. The number of halogens is 1. The molecule has 0 radical (unpaired) electrons. The summed E-state index contributed by atoms with van der Waals surface area (Å²) in [6.07, 6.45) is 0. The Hall–Kier alpha value is -3.71. The SMILES string of the molecule is COc1ccc(CN(C(=O)c2ccc3c(c2)OCCO3)[C@@H](C(=O)NC(C)(C)C)c2ccc(Cl)cc2)cc1. The summed E-state index contributed by atoms with van der Waals surface area (Å²) < 4.78 is 16.6. The number of carbonyl (C=O) groups is 2. The van der Waals surface area contributed by atoms with E-state index in [1.165, 1.54) is 0 Å². The first-order valence-electron chi connectivity index (χ1n) is 12.1. The van der Waals surface area contributed by atoms with Crippen LogP contribution in [0.4, 0.5) is 0 Å². The first kappa shape index (κ1) is 26.4. The van der Waals surface area contributed by atoms with Crippen LogP contribution in [0.1, 0.15) is 48.3 Å². The second kappa shape index (κ2) is 11.1. The average Bonchev–Trinajstić information content (AvgIpc) is 2.88. The van der Waals surface area contributed by atoms with Crippen LogP contribution in [0.2, 0.25) is 5.02 Å². The van der Waals surface area contributed by atoms with Crippen LogP contribution in [-0.2, 0) is 11.3 Å². The third kappa shape index (κ3) is 6.54. The number of benzene rings is 3. The van der Waals surface area contributed by atoms with E-state index in [0.717, 1.165) is 5.56 Å². The molecule has 4 rings (SSSR count). The molecule has 3 aromatic carbocycles. The van der Waals surface area contributed by atoms with E-state index >= 15 is 0 Å². The van der Waals surface area contributed by atoms with Gasteiger partial charge in [-0.1, -0.05) is 35.9 Å². The number of fused-ring (bicyclic) bond motifs is 1. The molecule has 1 atom stereocenters. The average molecular weight is 523 g/mol. The van der Waals surface area contributed by atoms with Gasteiger partial charge in [-0.3, -0.25) is 9.59 Å². The fourth-order valence-electron chi connectivity index (χ4n) is 4.11. The van der Waals surface area contributed by atoms with Crippen molar-refractivity contribution in [3.63, 3.8) is 0 Å². The number of amides is 2. The zero-order valence-corrected chi connectivity index (χ0v) is 22.2. The van der Waals surface area contributed by atoms with Gasteiger partial charge in [0, 0.05) is 22.7 Å². The number of ether oxygens (including phenoxy) is 3. The summed E-state index contributed by atoms with van der Waals surface area (Å²) >= 11 is 6.15. The van der Waals surface area contributed by atoms with E-state index in [9.17, 15) is 9.59 Å². The summed E-state index contributed by atoms with van der Waals surface area (Å²) in [5.74, 6) is 1.17. The number of hydrogen-bond donors (Lipinski definition) is 1. The summed E-state index contributed by atoms with van der Waals surface area (Å²) in [6, 6.07) is 18.6. The van der Waals surface area contributed by atoms with Gasteiger partial charge in [-0.25, -0.2) is 0 Å². The van der Waals surface area contributed by atoms with Crippen LogP contribution in [-0.4, -0.2) is 42.6 Å². The standard InChI is InChI=1S/C29H31ClN2O5/c1-29(2,3)31-27(33)26(20-7-10-22(30)11-8-20)32(18-19-5-12-23(35-4)13-6-19)28(34)21-9-14-24-25(17-21)37-16-15-36-24/h5-14,17,26H,15-16,18H2,1-4H3,(H,31,33)/t26-/m1/s1. The second-order valence-electron chi connectivity index (χ2n) is 9.83. The van der Waals surface area contributed by atoms with Crippen molar-refractivity contribution in [1.29, 1.82) is 0 Å².